The van der Waals surface area contributed by atoms with Crippen LogP contribution >= 0.6 is 34.2 Å². The van der Waals surface area contributed by atoms with Crippen molar-refractivity contribution in [3.8, 4) is 0 Å². The van der Waals surface area contributed by atoms with Gasteiger partial charge < -0.3 is 10.6 Å². The van der Waals surface area contributed by atoms with E-state index in [2.05, 4.69) is 10.6 Å². The molecule has 0 radical (unpaired) electrons. The Bertz CT molecular complexity index is 449. The molecule has 1 heterocycles. The quantitative estimate of drug-likeness (QED) is 0.621. The predicted molar refractivity (Wildman–Crippen MR) is 72.9 cm³/mol. The molecule has 2 rings (SSSR count). The fourth-order valence-electron chi connectivity index (χ4n) is 1.74. The van der Waals surface area contributed by atoms with Crippen molar-refractivity contribution in [1.82, 2.24) is 10.6 Å². The van der Waals surface area contributed by atoms with Crippen LogP contribution in [0.4, 0.5) is 4.39 Å². The number of nitrogens with one attached hydrogen (secondary N) is 2. The maximum atomic E-state index is 13.2. The van der Waals surface area contributed by atoms with Gasteiger partial charge in [0.05, 0.1) is 10.6 Å². The highest BCUT2D eigenvalue weighted by atomic mass is 127. The van der Waals surface area contributed by atoms with Crippen molar-refractivity contribution in [2.75, 3.05) is 13.1 Å². The lowest BCUT2D eigenvalue weighted by molar-refractivity contribution is 0.0940. The molecule has 17 heavy (non-hydrogen) atoms. The summed E-state index contributed by atoms with van der Waals surface area (Å²) in [5.41, 5.74) is 0.323. The normalized spacial score (nSPS) is 19.4. The van der Waals surface area contributed by atoms with Crippen LogP contribution in [0.2, 0.25) is 5.02 Å². The third-order valence-corrected chi connectivity index (χ3v) is 3.79. The van der Waals surface area contributed by atoms with Gasteiger partial charge in [0.25, 0.3) is 5.91 Å². The van der Waals surface area contributed by atoms with Crippen LogP contribution in [0.15, 0.2) is 12.1 Å². The Labute approximate surface area is 117 Å². The fourth-order valence-corrected chi connectivity index (χ4v) is 2.44. The van der Waals surface area contributed by atoms with Gasteiger partial charge in [-0.2, -0.15) is 0 Å². The summed E-state index contributed by atoms with van der Waals surface area (Å²) in [6.07, 6.45) is 0.904. The molecule has 0 bridgehead atoms. The zero-order chi connectivity index (χ0) is 12.4. The largest absolute Gasteiger partial charge is 0.348 e. The molecule has 1 aliphatic rings. The summed E-state index contributed by atoms with van der Waals surface area (Å²) in [6, 6.07) is 2.77. The third kappa shape index (κ3) is 3.08. The highest BCUT2D eigenvalue weighted by Crippen LogP contribution is 2.22. The Kier molecular flexibility index (Phi) is 4.22. The molecule has 0 aliphatic carbocycles. The molecule has 1 amide bonds. The SMILES string of the molecule is O=C(N[C@@H]1CCNC1)c1cc(I)c(F)cc1Cl. The minimum Gasteiger partial charge on any atom is -0.348 e. The van der Waals surface area contributed by atoms with E-state index in [1.54, 1.807) is 0 Å². The van der Waals surface area contributed by atoms with Crippen molar-refractivity contribution >= 4 is 40.1 Å². The molecule has 0 saturated carbocycles. The number of carbonyl (C=O) groups excluding carboxylic acids is 1. The Morgan fingerprint density at radius 1 is 1.59 bits per heavy atom. The summed E-state index contributed by atoms with van der Waals surface area (Å²) in [5, 5.41) is 6.17. The molecule has 0 spiro atoms. The highest BCUT2D eigenvalue weighted by Gasteiger charge is 2.20. The zero-order valence-corrected chi connectivity index (χ0v) is 11.8. The number of benzene rings is 1. The molecular weight excluding hydrogens is 357 g/mol. The number of amides is 1. The van der Waals surface area contributed by atoms with Crippen molar-refractivity contribution in [3.05, 3.63) is 32.1 Å². The van der Waals surface area contributed by atoms with Gasteiger partial charge in [-0.1, -0.05) is 11.6 Å². The van der Waals surface area contributed by atoms with E-state index in [1.807, 2.05) is 22.6 Å². The second-order valence-electron chi connectivity index (χ2n) is 3.91. The molecule has 92 valence electrons. The van der Waals surface area contributed by atoms with Crippen molar-refractivity contribution in [1.29, 1.82) is 0 Å². The Morgan fingerprint density at radius 2 is 2.35 bits per heavy atom. The smallest absolute Gasteiger partial charge is 0.253 e. The maximum absolute atomic E-state index is 13.2. The van der Waals surface area contributed by atoms with Crippen LogP contribution in [0.5, 0.6) is 0 Å². The summed E-state index contributed by atoms with van der Waals surface area (Å²) in [6.45, 7) is 1.67. The first-order valence-electron chi connectivity index (χ1n) is 5.24. The number of hydrogen-bond acceptors (Lipinski definition) is 2. The van der Waals surface area contributed by atoms with E-state index < -0.39 is 5.82 Å². The Morgan fingerprint density at radius 3 is 3.00 bits per heavy atom. The van der Waals surface area contributed by atoms with Gasteiger partial charge in [0, 0.05) is 16.2 Å². The molecule has 1 aliphatic heterocycles. The minimum atomic E-state index is -0.408. The van der Waals surface area contributed by atoms with Crippen LogP contribution in [0, 0.1) is 9.39 Å². The van der Waals surface area contributed by atoms with Crippen LogP contribution in [0.1, 0.15) is 16.8 Å². The minimum absolute atomic E-state index is 0.126. The zero-order valence-electron chi connectivity index (χ0n) is 8.90. The third-order valence-electron chi connectivity index (χ3n) is 2.65. The molecule has 1 aromatic rings. The van der Waals surface area contributed by atoms with Crippen LogP contribution in [-0.4, -0.2) is 25.0 Å². The number of rotatable bonds is 2. The van der Waals surface area contributed by atoms with E-state index in [9.17, 15) is 9.18 Å². The maximum Gasteiger partial charge on any atom is 0.253 e. The summed E-state index contributed by atoms with van der Waals surface area (Å²) < 4.78 is 13.6. The molecule has 6 heteroatoms. The molecule has 3 nitrogen and oxygen atoms in total. The van der Waals surface area contributed by atoms with E-state index >= 15 is 0 Å². The molecule has 1 fully saturated rings. The van der Waals surface area contributed by atoms with Crippen molar-refractivity contribution < 1.29 is 9.18 Å². The van der Waals surface area contributed by atoms with E-state index in [4.69, 9.17) is 11.6 Å². The van der Waals surface area contributed by atoms with Crippen LogP contribution in [0.3, 0.4) is 0 Å². The molecular formula is C11H11ClFIN2O. The number of carbonyl (C=O) groups is 1. The first-order chi connectivity index (χ1) is 8.08. The summed E-state index contributed by atoms with van der Waals surface area (Å²) in [4.78, 5) is 11.9. The second kappa shape index (κ2) is 5.49. The number of halogens is 3. The van der Waals surface area contributed by atoms with Gasteiger partial charge in [0.1, 0.15) is 5.82 Å². The van der Waals surface area contributed by atoms with Crippen molar-refractivity contribution in [2.24, 2.45) is 0 Å². The van der Waals surface area contributed by atoms with Gasteiger partial charge in [-0.3, -0.25) is 4.79 Å². The monoisotopic (exact) mass is 368 g/mol. The molecule has 2 N–H and O–H groups in total. The predicted octanol–water partition coefficient (Wildman–Crippen LogP) is 2.18. The van der Waals surface area contributed by atoms with E-state index in [-0.39, 0.29) is 17.0 Å². The highest BCUT2D eigenvalue weighted by molar-refractivity contribution is 14.1. The van der Waals surface area contributed by atoms with Crippen LogP contribution in [-0.2, 0) is 0 Å². The van der Waals surface area contributed by atoms with E-state index in [1.165, 1.54) is 12.1 Å². The number of hydrogen-bond donors (Lipinski definition) is 2. The first kappa shape index (κ1) is 13.0. The lowest BCUT2D eigenvalue weighted by atomic mass is 10.2. The first-order valence-corrected chi connectivity index (χ1v) is 6.69. The topological polar surface area (TPSA) is 41.1 Å². The van der Waals surface area contributed by atoms with Gasteiger partial charge in [0.15, 0.2) is 0 Å². The van der Waals surface area contributed by atoms with Gasteiger partial charge >= 0.3 is 0 Å². The lowest BCUT2D eigenvalue weighted by Gasteiger charge is -2.12. The molecule has 0 aromatic heterocycles. The summed E-state index contributed by atoms with van der Waals surface area (Å²) in [5.74, 6) is -0.656. The molecule has 1 aromatic carbocycles. The summed E-state index contributed by atoms with van der Waals surface area (Å²) >= 11 is 7.70. The average molecular weight is 369 g/mol. The lowest BCUT2D eigenvalue weighted by Crippen LogP contribution is -2.36. The Hall–Kier alpha value is -0.400. The Balaban J connectivity index is 2.15. The fraction of sp³-hybridized carbons (Fsp3) is 0.364. The van der Waals surface area contributed by atoms with Crippen LogP contribution in [0.25, 0.3) is 0 Å². The second-order valence-corrected chi connectivity index (χ2v) is 5.48. The van der Waals surface area contributed by atoms with Gasteiger partial charge in [-0.05, 0) is 47.7 Å². The molecule has 1 atom stereocenters. The van der Waals surface area contributed by atoms with E-state index in [0.717, 1.165) is 19.5 Å². The standard InChI is InChI=1S/C11H11ClFIN2O/c12-8-4-9(13)10(14)3-7(8)11(17)16-6-1-2-15-5-6/h3-4,6,15H,1-2,5H2,(H,16,17)/t6-/m1/s1. The van der Waals surface area contributed by atoms with E-state index in [0.29, 0.717) is 9.13 Å². The van der Waals surface area contributed by atoms with Gasteiger partial charge in [-0.25, -0.2) is 4.39 Å². The molecule has 1 saturated heterocycles. The molecule has 0 unspecified atom stereocenters. The van der Waals surface area contributed by atoms with Gasteiger partial charge in [-0.15, -0.1) is 0 Å². The summed E-state index contributed by atoms with van der Waals surface area (Å²) in [7, 11) is 0. The van der Waals surface area contributed by atoms with Crippen molar-refractivity contribution in [2.45, 2.75) is 12.5 Å². The van der Waals surface area contributed by atoms with Crippen LogP contribution < -0.4 is 10.6 Å². The van der Waals surface area contributed by atoms with Gasteiger partial charge in [0.2, 0.25) is 0 Å². The average Bonchev–Trinajstić information content (AvgIpc) is 2.76. The van der Waals surface area contributed by atoms with Crippen molar-refractivity contribution in [3.63, 3.8) is 0 Å².